The van der Waals surface area contributed by atoms with Gasteiger partial charge in [0.15, 0.2) is 0 Å². The van der Waals surface area contributed by atoms with Gasteiger partial charge in [-0.25, -0.2) is 4.39 Å². The number of anilines is 2. The lowest BCUT2D eigenvalue weighted by Crippen LogP contribution is -2.38. The molecule has 1 N–H and O–H groups in total. The molecule has 4 rings (SSSR count). The van der Waals surface area contributed by atoms with Gasteiger partial charge < -0.3 is 19.5 Å². The van der Waals surface area contributed by atoms with E-state index in [0.29, 0.717) is 43.2 Å². The highest BCUT2D eigenvalue weighted by atomic mass is 19.4. The Kier molecular flexibility index (Phi) is 7.23. The quantitative estimate of drug-likeness (QED) is 0.549. The normalized spacial score (nSPS) is 20.9. The zero-order valence-electron chi connectivity index (χ0n) is 19.7. The minimum Gasteiger partial charge on any atom is -0.490 e. The van der Waals surface area contributed by atoms with E-state index in [9.17, 15) is 27.5 Å². The smallest absolute Gasteiger partial charge is 0.431 e. The summed E-state index contributed by atoms with van der Waals surface area (Å²) in [5, 5.41) is 14.0. The van der Waals surface area contributed by atoms with Crippen molar-refractivity contribution >= 4 is 23.2 Å². The third kappa shape index (κ3) is 5.63. The molecule has 0 spiro atoms. The fraction of sp³-hybridized carbons (Fsp3) is 0.458. The lowest BCUT2D eigenvalue weighted by Gasteiger charge is -2.33. The molecule has 2 aromatic rings. The second kappa shape index (κ2) is 10.2. The standard InChI is InChI=1S/C24H26F4N4O4/c1-14-19(13-22(33)34)32(30-23(14)24(26,27)28)16-3-5-17(6-4-16)36-18-7-9-31(10-8-18)20-11-15(25)12-21(29-20)35-2/h3-6,11-12,14,18-19H,7-10,13H2,1-2H3,(H,33,34)/t14-,19-/m0/s1. The van der Waals surface area contributed by atoms with Gasteiger partial charge in [-0.3, -0.25) is 9.80 Å². The van der Waals surface area contributed by atoms with Crippen molar-refractivity contribution in [3.8, 4) is 11.6 Å². The van der Waals surface area contributed by atoms with Crippen LogP contribution in [0.4, 0.5) is 29.1 Å². The third-order valence-corrected chi connectivity index (χ3v) is 6.34. The lowest BCUT2D eigenvalue weighted by molar-refractivity contribution is -0.137. The topological polar surface area (TPSA) is 87.5 Å². The van der Waals surface area contributed by atoms with Crippen molar-refractivity contribution in [1.82, 2.24) is 4.98 Å². The molecule has 1 fully saturated rings. The van der Waals surface area contributed by atoms with E-state index in [1.165, 1.54) is 26.2 Å². The fourth-order valence-corrected chi connectivity index (χ4v) is 4.48. The van der Waals surface area contributed by atoms with Gasteiger partial charge in [-0.1, -0.05) is 6.92 Å². The summed E-state index contributed by atoms with van der Waals surface area (Å²) in [5.41, 5.74) is -0.646. The van der Waals surface area contributed by atoms with Crippen molar-refractivity contribution in [3.05, 3.63) is 42.2 Å². The first-order valence-electron chi connectivity index (χ1n) is 11.4. The number of pyridine rings is 1. The Morgan fingerprint density at radius 1 is 1.17 bits per heavy atom. The van der Waals surface area contributed by atoms with Crippen molar-refractivity contribution in [1.29, 1.82) is 0 Å². The molecule has 1 aromatic heterocycles. The maximum atomic E-state index is 13.8. The Labute approximate surface area is 205 Å². The van der Waals surface area contributed by atoms with Crippen molar-refractivity contribution in [2.24, 2.45) is 11.0 Å². The molecule has 3 heterocycles. The molecule has 36 heavy (non-hydrogen) atoms. The summed E-state index contributed by atoms with van der Waals surface area (Å²) in [6, 6.07) is 8.01. The van der Waals surface area contributed by atoms with Crippen LogP contribution in [0.25, 0.3) is 0 Å². The highest BCUT2D eigenvalue weighted by molar-refractivity contribution is 5.95. The van der Waals surface area contributed by atoms with E-state index >= 15 is 0 Å². The maximum absolute atomic E-state index is 13.8. The number of methoxy groups -OCH3 is 1. The number of hydrogen-bond donors (Lipinski definition) is 1. The van der Waals surface area contributed by atoms with Crippen LogP contribution in [-0.4, -0.2) is 60.3 Å². The first-order chi connectivity index (χ1) is 17.0. The van der Waals surface area contributed by atoms with Crippen LogP contribution in [0.5, 0.6) is 11.6 Å². The van der Waals surface area contributed by atoms with Crippen LogP contribution in [0.1, 0.15) is 26.2 Å². The summed E-state index contributed by atoms with van der Waals surface area (Å²) in [5.74, 6) is -1.49. The summed E-state index contributed by atoms with van der Waals surface area (Å²) in [6.07, 6.45) is -3.91. The number of benzene rings is 1. The number of carboxylic acid groups (broad SMARTS) is 1. The van der Waals surface area contributed by atoms with E-state index in [-0.39, 0.29) is 12.0 Å². The van der Waals surface area contributed by atoms with Gasteiger partial charge in [-0.2, -0.15) is 23.3 Å². The zero-order valence-corrected chi connectivity index (χ0v) is 19.7. The largest absolute Gasteiger partial charge is 0.490 e. The molecule has 2 aliphatic rings. The third-order valence-electron chi connectivity index (χ3n) is 6.34. The molecule has 0 radical (unpaired) electrons. The number of piperidine rings is 1. The Bertz CT molecular complexity index is 1120. The summed E-state index contributed by atoms with van der Waals surface area (Å²) < 4.78 is 65.0. The van der Waals surface area contributed by atoms with Crippen LogP contribution in [0, 0.1) is 11.7 Å². The molecule has 2 atom stereocenters. The Balaban J connectivity index is 1.40. The maximum Gasteiger partial charge on any atom is 0.431 e. The van der Waals surface area contributed by atoms with E-state index in [4.69, 9.17) is 9.47 Å². The molecular formula is C24H26F4N4O4. The number of carbonyl (C=O) groups is 1. The predicted molar refractivity (Wildman–Crippen MR) is 124 cm³/mol. The molecule has 0 aliphatic carbocycles. The van der Waals surface area contributed by atoms with Gasteiger partial charge in [-0.15, -0.1) is 0 Å². The molecule has 2 aliphatic heterocycles. The van der Waals surface area contributed by atoms with Crippen LogP contribution in [-0.2, 0) is 4.79 Å². The van der Waals surface area contributed by atoms with E-state index in [1.54, 1.807) is 24.3 Å². The van der Waals surface area contributed by atoms with E-state index in [1.807, 2.05) is 4.90 Å². The summed E-state index contributed by atoms with van der Waals surface area (Å²) in [6.45, 7) is 2.53. The highest BCUT2D eigenvalue weighted by Gasteiger charge is 2.48. The van der Waals surface area contributed by atoms with Crippen LogP contribution >= 0.6 is 0 Å². The molecule has 0 bridgehead atoms. The minimum atomic E-state index is -4.64. The van der Waals surface area contributed by atoms with Crippen LogP contribution in [0.3, 0.4) is 0 Å². The number of rotatable bonds is 7. The van der Waals surface area contributed by atoms with Gasteiger partial charge in [0.2, 0.25) is 5.88 Å². The van der Waals surface area contributed by atoms with Crippen LogP contribution < -0.4 is 19.4 Å². The van der Waals surface area contributed by atoms with E-state index < -0.39 is 42.1 Å². The van der Waals surface area contributed by atoms with Crippen LogP contribution in [0.2, 0.25) is 0 Å². The molecule has 0 saturated carbocycles. The number of nitrogens with zero attached hydrogens (tertiary/aromatic N) is 4. The monoisotopic (exact) mass is 510 g/mol. The molecule has 0 amide bonds. The number of ether oxygens (including phenoxy) is 2. The predicted octanol–water partition coefficient (Wildman–Crippen LogP) is 4.49. The van der Waals surface area contributed by atoms with E-state index in [0.717, 1.165) is 5.01 Å². The van der Waals surface area contributed by atoms with Gasteiger partial charge in [0.1, 0.15) is 29.2 Å². The average molecular weight is 510 g/mol. The number of carboxylic acids is 1. The van der Waals surface area contributed by atoms with Crippen molar-refractivity contribution in [3.63, 3.8) is 0 Å². The highest BCUT2D eigenvalue weighted by Crippen LogP contribution is 2.37. The molecular weight excluding hydrogens is 484 g/mol. The molecule has 12 heteroatoms. The Morgan fingerprint density at radius 2 is 1.83 bits per heavy atom. The zero-order chi connectivity index (χ0) is 26.0. The SMILES string of the molecule is COc1cc(F)cc(N2CCC(Oc3ccc(N4N=C(C(F)(F)F)[C@@H](C)[C@@H]4CC(=O)O)cc3)CC2)n1. The molecule has 0 unspecified atom stereocenters. The second-order valence-electron chi connectivity index (χ2n) is 8.77. The number of aromatic nitrogens is 1. The van der Waals surface area contributed by atoms with Crippen molar-refractivity contribution in [2.75, 3.05) is 30.1 Å². The van der Waals surface area contributed by atoms with Crippen molar-refractivity contribution < 1.29 is 36.9 Å². The first-order valence-corrected chi connectivity index (χ1v) is 11.4. The van der Waals surface area contributed by atoms with Gasteiger partial charge in [0.05, 0.1) is 25.3 Å². The minimum absolute atomic E-state index is 0.107. The summed E-state index contributed by atoms with van der Waals surface area (Å²) in [7, 11) is 1.43. The molecule has 1 aromatic carbocycles. The van der Waals surface area contributed by atoms with E-state index in [2.05, 4.69) is 10.1 Å². The van der Waals surface area contributed by atoms with Gasteiger partial charge >= 0.3 is 12.1 Å². The van der Waals surface area contributed by atoms with Gasteiger partial charge in [0, 0.05) is 44.0 Å². The average Bonchev–Trinajstić information content (AvgIpc) is 3.15. The summed E-state index contributed by atoms with van der Waals surface area (Å²) >= 11 is 0. The second-order valence-corrected chi connectivity index (χ2v) is 8.77. The fourth-order valence-electron chi connectivity index (χ4n) is 4.48. The number of aliphatic carboxylic acids is 1. The molecule has 1 saturated heterocycles. The molecule has 8 nitrogen and oxygen atoms in total. The summed E-state index contributed by atoms with van der Waals surface area (Å²) in [4.78, 5) is 17.5. The Morgan fingerprint density at radius 3 is 2.42 bits per heavy atom. The number of hydrazone groups is 1. The number of hydrogen-bond acceptors (Lipinski definition) is 7. The molecule has 194 valence electrons. The lowest BCUT2D eigenvalue weighted by atomic mass is 9.94. The van der Waals surface area contributed by atoms with Gasteiger partial charge in [-0.05, 0) is 24.3 Å². The Hall–Kier alpha value is -3.57. The first kappa shape index (κ1) is 25.5. The number of alkyl halides is 3. The van der Waals surface area contributed by atoms with Gasteiger partial charge in [0.25, 0.3) is 0 Å². The van der Waals surface area contributed by atoms with Crippen molar-refractivity contribution in [2.45, 2.75) is 44.5 Å². The number of halogens is 4. The van der Waals surface area contributed by atoms with Crippen LogP contribution in [0.15, 0.2) is 41.5 Å².